The largest absolute Gasteiger partial charge is 0.311 e. The van der Waals surface area contributed by atoms with Gasteiger partial charge in [-0.05, 0) is 23.8 Å². The van der Waals surface area contributed by atoms with Gasteiger partial charge < -0.3 is 5.32 Å². The first-order valence-electron chi connectivity index (χ1n) is 8.07. The summed E-state index contributed by atoms with van der Waals surface area (Å²) < 4.78 is 0. The van der Waals surface area contributed by atoms with Crippen LogP contribution >= 0.6 is 0 Å². The van der Waals surface area contributed by atoms with Gasteiger partial charge >= 0.3 is 0 Å². The van der Waals surface area contributed by atoms with Gasteiger partial charge in [0, 0.05) is 31.7 Å². The molecule has 1 aliphatic rings. The van der Waals surface area contributed by atoms with Crippen molar-refractivity contribution in [2.75, 3.05) is 13.1 Å². The van der Waals surface area contributed by atoms with Crippen LogP contribution in [0.5, 0.6) is 0 Å². The van der Waals surface area contributed by atoms with Crippen LogP contribution in [0.4, 0.5) is 0 Å². The molecule has 1 fully saturated rings. The molecule has 0 saturated carbocycles. The molecule has 2 nitrogen and oxygen atoms in total. The second-order valence-corrected chi connectivity index (χ2v) is 6.96. The topological polar surface area (TPSA) is 15.3 Å². The highest BCUT2D eigenvalue weighted by Gasteiger charge is 2.29. The third-order valence-electron chi connectivity index (χ3n) is 4.34. The third-order valence-corrected chi connectivity index (χ3v) is 4.34. The van der Waals surface area contributed by atoms with Crippen LogP contribution in [0.1, 0.15) is 39.7 Å². The quantitative estimate of drug-likeness (QED) is 0.883. The molecule has 1 aliphatic heterocycles. The maximum absolute atomic E-state index is 3.75. The Bertz CT molecular complexity index is 386. The highest BCUT2D eigenvalue weighted by molar-refractivity contribution is 5.15. The summed E-state index contributed by atoms with van der Waals surface area (Å²) in [4.78, 5) is 2.69. The van der Waals surface area contributed by atoms with E-state index in [1.165, 1.54) is 18.5 Å². The molecule has 0 unspecified atom stereocenters. The minimum atomic E-state index is 0.627. The molecule has 2 rings (SSSR count). The minimum Gasteiger partial charge on any atom is -0.311 e. The van der Waals surface area contributed by atoms with Gasteiger partial charge in [0.1, 0.15) is 0 Å². The monoisotopic (exact) mass is 274 g/mol. The maximum atomic E-state index is 3.75. The van der Waals surface area contributed by atoms with E-state index in [0.717, 1.165) is 19.0 Å². The van der Waals surface area contributed by atoms with Crippen molar-refractivity contribution in [3.8, 4) is 0 Å². The van der Waals surface area contributed by atoms with Crippen molar-refractivity contribution < 1.29 is 0 Å². The number of hydrogen-bond donors (Lipinski definition) is 1. The minimum absolute atomic E-state index is 0.627. The van der Waals surface area contributed by atoms with E-state index in [1.54, 1.807) is 0 Å². The zero-order valence-electron chi connectivity index (χ0n) is 13.5. The van der Waals surface area contributed by atoms with E-state index in [4.69, 9.17) is 0 Å². The molecule has 1 saturated heterocycles. The smallest absolute Gasteiger partial charge is 0.0237 e. The lowest BCUT2D eigenvalue weighted by Gasteiger charge is -2.42. The Kier molecular flexibility index (Phi) is 5.62. The van der Waals surface area contributed by atoms with Crippen LogP contribution in [-0.4, -0.2) is 30.1 Å². The van der Waals surface area contributed by atoms with Crippen LogP contribution in [0.2, 0.25) is 0 Å². The van der Waals surface area contributed by atoms with Crippen LogP contribution in [0.25, 0.3) is 0 Å². The van der Waals surface area contributed by atoms with Gasteiger partial charge in [-0.15, -0.1) is 0 Å². The number of rotatable bonds is 5. The Morgan fingerprint density at radius 2 is 1.85 bits per heavy atom. The lowest BCUT2D eigenvalue weighted by Crippen LogP contribution is -2.57. The van der Waals surface area contributed by atoms with Gasteiger partial charge in [-0.1, -0.05) is 58.0 Å². The standard InChI is InChI=1S/C18H30N2/c1-14(2)10-17-11-19-18(15(3)4)13-20(17)12-16-8-6-5-7-9-16/h5-9,14-15,17-19H,10-13H2,1-4H3/t17-,18-/m0/s1. The molecule has 0 aromatic heterocycles. The molecule has 0 bridgehead atoms. The van der Waals surface area contributed by atoms with E-state index in [9.17, 15) is 0 Å². The van der Waals surface area contributed by atoms with E-state index in [-0.39, 0.29) is 0 Å². The summed E-state index contributed by atoms with van der Waals surface area (Å²) in [5.74, 6) is 1.46. The molecule has 112 valence electrons. The lowest BCUT2D eigenvalue weighted by molar-refractivity contribution is 0.0924. The summed E-state index contributed by atoms with van der Waals surface area (Å²) in [5, 5.41) is 3.75. The molecular weight excluding hydrogens is 244 g/mol. The number of benzene rings is 1. The van der Waals surface area contributed by atoms with Gasteiger partial charge in [-0.25, -0.2) is 0 Å². The molecular formula is C18H30N2. The first-order chi connectivity index (χ1) is 9.56. The predicted molar refractivity (Wildman–Crippen MR) is 86.7 cm³/mol. The van der Waals surface area contributed by atoms with Crippen LogP contribution in [0, 0.1) is 11.8 Å². The van der Waals surface area contributed by atoms with E-state index in [2.05, 4.69) is 68.2 Å². The average molecular weight is 274 g/mol. The number of nitrogens with zero attached hydrogens (tertiary/aromatic N) is 1. The van der Waals surface area contributed by atoms with Gasteiger partial charge in [0.25, 0.3) is 0 Å². The molecule has 20 heavy (non-hydrogen) atoms. The summed E-state index contributed by atoms with van der Waals surface area (Å²) in [5.41, 5.74) is 1.44. The predicted octanol–water partition coefficient (Wildman–Crippen LogP) is 3.53. The summed E-state index contributed by atoms with van der Waals surface area (Å²) in [6.07, 6.45) is 1.28. The molecule has 1 heterocycles. The van der Waals surface area contributed by atoms with Crippen molar-refractivity contribution in [3.05, 3.63) is 35.9 Å². The van der Waals surface area contributed by atoms with Crippen molar-refractivity contribution in [2.45, 2.75) is 52.7 Å². The van der Waals surface area contributed by atoms with Gasteiger partial charge in [0.2, 0.25) is 0 Å². The molecule has 2 atom stereocenters. The Hall–Kier alpha value is -0.860. The van der Waals surface area contributed by atoms with Crippen molar-refractivity contribution in [3.63, 3.8) is 0 Å². The highest BCUT2D eigenvalue weighted by atomic mass is 15.2. The number of piperazine rings is 1. The molecule has 1 N–H and O–H groups in total. The van der Waals surface area contributed by atoms with E-state index in [1.807, 2.05) is 0 Å². The fourth-order valence-corrected chi connectivity index (χ4v) is 3.12. The van der Waals surface area contributed by atoms with Gasteiger partial charge in [0.15, 0.2) is 0 Å². The van der Waals surface area contributed by atoms with Crippen molar-refractivity contribution in [1.29, 1.82) is 0 Å². The number of nitrogens with one attached hydrogen (secondary N) is 1. The first kappa shape index (κ1) is 15.5. The zero-order chi connectivity index (χ0) is 14.5. The second kappa shape index (κ2) is 7.24. The van der Waals surface area contributed by atoms with E-state index >= 15 is 0 Å². The highest BCUT2D eigenvalue weighted by Crippen LogP contribution is 2.20. The van der Waals surface area contributed by atoms with Crippen molar-refractivity contribution in [1.82, 2.24) is 10.2 Å². The second-order valence-electron chi connectivity index (χ2n) is 6.96. The van der Waals surface area contributed by atoms with Gasteiger partial charge in [0.05, 0.1) is 0 Å². The zero-order valence-corrected chi connectivity index (χ0v) is 13.5. The fraction of sp³-hybridized carbons (Fsp3) is 0.667. The first-order valence-corrected chi connectivity index (χ1v) is 8.07. The fourth-order valence-electron chi connectivity index (χ4n) is 3.12. The van der Waals surface area contributed by atoms with Crippen LogP contribution in [-0.2, 0) is 6.54 Å². The van der Waals surface area contributed by atoms with E-state index in [0.29, 0.717) is 18.0 Å². The Labute approximate surface area is 124 Å². The maximum Gasteiger partial charge on any atom is 0.0237 e. The molecule has 0 radical (unpaired) electrons. The summed E-state index contributed by atoms with van der Waals surface area (Å²) in [6, 6.07) is 12.2. The van der Waals surface area contributed by atoms with Gasteiger partial charge in [-0.2, -0.15) is 0 Å². The summed E-state index contributed by atoms with van der Waals surface area (Å²) in [6.45, 7) is 12.7. The molecule has 0 spiro atoms. The summed E-state index contributed by atoms with van der Waals surface area (Å²) in [7, 11) is 0. The summed E-state index contributed by atoms with van der Waals surface area (Å²) >= 11 is 0. The van der Waals surface area contributed by atoms with Crippen LogP contribution in [0.15, 0.2) is 30.3 Å². The lowest BCUT2D eigenvalue weighted by atomic mass is 9.94. The average Bonchev–Trinajstić information content (AvgIpc) is 2.41. The van der Waals surface area contributed by atoms with Crippen LogP contribution in [0.3, 0.4) is 0 Å². The Morgan fingerprint density at radius 3 is 2.45 bits per heavy atom. The number of hydrogen-bond acceptors (Lipinski definition) is 2. The van der Waals surface area contributed by atoms with E-state index < -0.39 is 0 Å². The molecule has 0 aliphatic carbocycles. The molecule has 0 amide bonds. The SMILES string of the molecule is CC(C)C[C@H]1CN[C@H](C(C)C)CN1Cc1ccccc1. The Balaban J connectivity index is 2.05. The molecule has 2 heteroatoms. The normalized spacial score (nSPS) is 24.5. The van der Waals surface area contributed by atoms with Crippen molar-refractivity contribution in [2.24, 2.45) is 11.8 Å². The molecule has 1 aromatic rings. The van der Waals surface area contributed by atoms with Gasteiger partial charge in [-0.3, -0.25) is 4.90 Å². The Morgan fingerprint density at radius 1 is 1.15 bits per heavy atom. The van der Waals surface area contributed by atoms with Crippen LogP contribution < -0.4 is 5.32 Å². The molecule has 1 aromatic carbocycles. The van der Waals surface area contributed by atoms with Crippen molar-refractivity contribution >= 4 is 0 Å². The third kappa shape index (κ3) is 4.32.